The van der Waals surface area contributed by atoms with E-state index in [-0.39, 0.29) is 12.2 Å². The van der Waals surface area contributed by atoms with Crippen LogP contribution in [0.5, 0.6) is 0 Å². The highest BCUT2D eigenvalue weighted by molar-refractivity contribution is 7.47. The van der Waals surface area contributed by atoms with E-state index in [0.29, 0.717) is 0 Å². The molecule has 2 aliphatic rings. The van der Waals surface area contributed by atoms with E-state index in [0.717, 1.165) is 63.2 Å². The molecule has 2 saturated carbocycles. The Bertz CT molecular complexity index is 442. The minimum Gasteiger partial charge on any atom is -0.302 e. The second kappa shape index (κ2) is 15.9. The van der Waals surface area contributed by atoms with Crippen molar-refractivity contribution < 1.29 is 18.5 Å². The maximum absolute atomic E-state index is 12.6. The smallest absolute Gasteiger partial charge is 0.302 e. The van der Waals surface area contributed by atoms with E-state index >= 15 is 0 Å². The van der Waals surface area contributed by atoms with Crippen LogP contribution in [0.3, 0.4) is 0 Å². The van der Waals surface area contributed by atoms with E-state index in [4.69, 9.17) is 9.05 Å². The van der Waals surface area contributed by atoms with E-state index in [9.17, 15) is 9.46 Å². The molecule has 0 spiro atoms. The molecular weight excluding hydrogens is 407 g/mol. The molecule has 0 unspecified atom stereocenters. The van der Waals surface area contributed by atoms with Crippen molar-refractivity contribution in [3.63, 3.8) is 0 Å². The molecule has 4 nitrogen and oxygen atoms in total. The van der Waals surface area contributed by atoms with Gasteiger partial charge in [0.1, 0.15) is 0 Å². The predicted octanol–water partition coefficient (Wildman–Crippen LogP) is 8.96. The molecule has 0 aromatic heterocycles. The van der Waals surface area contributed by atoms with Gasteiger partial charge in [0, 0.05) is 0 Å². The molecule has 1 N–H and O–H groups in total. The van der Waals surface area contributed by atoms with Crippen molar-refractivity contribution in [2.45, 2.75) is 154 Å². The van der Waals surface area contributed by atoms with Crippen LogP contribution in [0.2, 0.25) is 0 Å². The molecule has 0 aromatic rings. The predicted molar refractivity (Wildman–Crippen MR) is 130 cm³/mol. The third-order valence-corrected chi connectivity index (χ3v) is 8.71. The van der Waals surface area contributed by atoms with Gasteiger partial charge < -0.3 is 4.89 Å². The van der Waals surface area contributed by atoms with Crippen LogP contribution in [0.15, 0.2) is 0 Å². The van der Waals surface area contributed by atoms with Crippen LogP contribution in [0.1, 0.15) is 142 Å². The van der Waals surface area contributed by atoms with Gasteiger partial charge in [-0.05, 0) is 63.2 Å². The Kier molecular flexibility index (Phi) is 14.0. The Morgan fingerprint density at radius 3 is 1.32 bits per heavy atom. The van der Waals surface area contributed by atoms with Gasteiger partial charge in [0.2, 0.25) is 0 Å². The standard InChI is InChI=1S/C26H51O4P/c1-3-5-7-9-11-13-23-15-19-25(20-16-23)29-31(27,28)30-26-21-17-24(18-22-26)14-12-10-8-6-4-2/h23-26H,3-22H2,1-2H3,(H,27,28). The molecule has 2 rings (SSSR count). The van der Waals surface area contributed by atoms with Gasteiger partial charge in [0.15, 0.2) is 0 Å². The zero-order valence-corrected chi connectivity index (χ0v) is 21.5. The van der Waals surface area contributed by atoms with Gasteiger partial charge in [-0.1, -0.05) is 90.9 Å². The molecule has 0 radical (unpaired) electrons. The van der Waals surface area contributed by atoms with Crippen LogP contribution in [-0.4, -0.2) is 17.1 Å². The number of phosphoric ester groups is 1. The summed E-state index contributed by atoms with van der Waals surface area (Å²) >= 11 is 0. The van der Waals surface area contributed by atoms with E-state index in [2.05, 4.69) is 13.8 Å². The molecule has 0 saturated heterocycles. The third kappa shape index (κ3) is 12.2. The molecule has 2 fully saturated rings. The van der Waals surface area contributed by atoms with Gasteiger partial charge in [-0.2, -0.15) is 0 Å². The van der Waals surface area contributed by atoms with Gasteiger partial charge in [0.05, 0.1) is 12.2 Å². The van der Waals surface area contributed by atoms with Crippen molar-refractivity contribution >= 4 is 7.82 Å². The molecule has 2 aliphatic carbocycles. The fraction of sp³-hybridized carbons (Fsp3) is 1.00. The first-order chi connectivity index (χ1) is 15.0. The lowest BCUT2D eigenvalue weighted by molar-refractivity contribution is 0.0350. The van der Waals surface area contributed by atoms with Gasteiger partial charge in [-0.25, -0.2) is 4.57 Å². The molecule has 184 valence electrons. The summed E-state index contributed by atoms with van der Waals surface area (Å²) in [6.07, 6.45) is 23.9. The van der Waals surface area contributed by atoms with Gasteiger partial charge in [-0.3, -0.25) is 9.05 Å². The maximum Gasteiger partial charge on any atom is 0.472 e. The van der Waals surface area contributed by atoms with Crippen LogP contribution in [0.4, 0.5) is 0 Å². The number of unbranched alkanes of at least 4 members (excludes halogenated alkanes) is 8. The highest BCUT2D eigenvalue weighted by Crippen LogP contribution is 2.50. The summed E-state index contributed by atoms with van der Waals surface area (Å²) in [5.41, 5.74) is 0. The monoisotopic (exact) mass is 458 g/mol. The molecule has 0 bridgehead atoms. The largest absolute Gasteiger partial charge is 0.472 e. The summed E-state index contributed by atoms with van der Waals surface area (Å²) in [5, 5.41) is 0. The van der Waals surface area contributed by atoms with Crippen molar-refractivity contribution in [1.82, 2.24) is 0 Å². The molecular formula is C26H51O4P. The topological polar surface area (TPSA) is 55.8 Å². The molecule has 0 amide bonds. The average molecular weight is 459 g/mol. The fourth-order valence-electron chi connectivity index (χ4n) is 5.53. The van der Waals surface area contributed by atoms with Crippen LogP contribution in [0, 0.1) is 11.8 Å². The molecule has 0 heterocycles. The quantitative estimate of drug-likeness (QED) is 0.185. The lowest BCUT2D eigenvalue weighted by Gasteiger charge is -2.32. The Morgan fingerprint density at radius 1 is 0.613 bits per heavy atom. The first kappa shape index (κ1) is 27.4. The lowest BCUT2D eigenvalue weighted by atomic mass is 9.84. The summed E-state index contributed by atoms with van der Waals surface area (Å²) in [6.45, 7) is 4.51. The molecule has 31 heavy (non-hydrogen) atoms. The Labute approximate surface area is 192 Å². The summed E-state index contributed by atoms with van der Waals surface area (Å²) in [6, 6.07) is 0. The SMILES string of the molecule is CCCCCCCC1CCC(OP(=O)(O)OC2CCC(CCCCCCC)CC2)CC1. The maximum atomic E-state index is 12.6. The van der Waals surface area contributed by atoms with Crippen molar-refractivity contribution in [1.29, 1.82) is 0 Å². The molecule has 5 heteroatoms. The Hall–Kier alpha value is 0.110. The fourth-order valence-corrected chi connectivity index (χ4v) is 6.75. The highest BCUT2D eigenvalue weighted by atomic mass is 31.2. The lowest BCUT2D eigenvalue weighted by Crippen LogP contribution is -2.24. The summed E-state index contributed by atoms with van der Waals surface area (Å²) in [4.78, 5) is 10.3. The third-order valence-electron chi connectivity index (χ3n) is 7.58. The van der Waals surface area contributed by atoms with Crippen LogP contribution in [0.25, 0.3) is 0 Å². The molecule has 0 aromatic carbocycles. The number of phosphoric acid groups is 1. The van der Waals surface area contributed by atoms with E-state index in [1.54, 1.807) is 0 Å². The van der Waals surface area contributed by atoms with E-state index in [1.165, 1.54) is 77.0 Å². The summed E-state index contributed by atoms with van der Waals surface area (Å²) in [7, 11) is -3.94. The van der Waals surface area contributed by atoms with Gasteiger partial charge >= 0.3 is 7.82 Å². The Balaban J connectivity index is 1.55. The molecule has 0 aliphatic heterocycles. The zero-order valence-electron chi connectivity index (χ0n) is 20.6. The minimum atomic E-state index is -3.94. The van der Waals surface area contributed by atoms with Crippen LogP contribution < -0.4 is 0 Å². The van der Waals surface area contributed by atoms with Crippen molar-refractivity contribution in [3.05, 3.63) is 0 Å². The first-order valence-electron chi connectivity index (χ1n) is 13.7. The van der Waals surface area contributed by atoms with Crippen LogP contribution in [-0.2, 0) is 13.6 Å². The second-order valence-electron chi connectivity index (χ2n) is 10.4. The average Bonchev–Trinajstić information content (AvgIpc) is 2.75. The van der Waals surface area contributed by atoms with Crippen molar-refractivity contribution in [2.75, 3.05) is 0 Å². The van der Waals surface area contributed by atoms with Crippen molar-refractivity contribution in [3.8, 4) is 0 Å². The van der Waals surface area contributed by atoms with Crippen LogP contribution >= 0.6 is 7.82 Å². The van der Waals surface area contributed by atoms with E-state index < -0.39 is 7.82 Å². The summed E-state index contributed by atoms with van der Waals surface area (Å²) in [5.74, 6) is 1.55. The number of hydrogen-bond acceptors (Lipinski definition) is 3. The van der Waals surface area contributed by atoms with E-state index in [1.807, 2.05) is 0 Å². The Morgan fingerprint density at radius 2 is 0.968 bits per heavy atom. The second-order valence-corrected chi connectivity index (χ2v) is 11.7. The highest BCUT2D eigenvalue weighted by Gasteiger charge is 2.34. The van der Waals surface area contributed by atoms with Crippen molar-refractivity contribution in [2.24, 2.45) is 11.8 Å². The van der Waals surface area contributed by atoms with Gasteiger partial charge in [0.25, 0.3) is 0 Å². The summed E-state index contributed by atoms with van der Waals surface area (Å²) < 4.78 is 23.8. The number of hydrogen-bond donors (Lipinski definition) is 1. The zero-order chi connectivity index (χ0) is 22.4. The molecule has 0 atom stereocenters. The first-order valence-corrected chi connectivity index (χ1v) is 15.2. The van der Waals surface area contributed by atoms with Gasteiger partial charge in [-0.15, -0.1) is 0 Å². The minimum absolute atomic E-state index is 0.105. The number of rotatable bonds is 16. The normalized spacial score (nSPS) is 29.0.